The first-order valence-corrected chi connectivity index (χ1v) is 10.5. The summed E-state index contributed by atoms with van der Waals surface area (Å²) in [7, 11) is 0. The number of nitriles is 1. The SMILES string of the molecule is CCC(Sc1cc(C)c2cc(C)cc(C)c2n1)C(=O)Nc1oc(C)c(C)c1C#N. The van der Waals surface area contributed by atoms with E-state index in [0.717, 1.165) is 32.6 Å². The zero-order valence-corrected chi connectivity index (χ0v) is 18.5. The number of nitrogens with one attached hydrogen (secondary N) is 1. The van der Waals surface area contributed by atoms with E-state index in [0.29, 0.717) is 17.7 Å². The van der Waals surface area contributed by atoms with Crippen molar-refractivity contribution in [1.82, 2.24) is 4.98 Å². The normalized spacial score (nSPS) is 12.0. The van der Waals surface area contributed by atoms with Gasteiger partial charge in [0.2, 0.25) is 11.8 Å². The Labute approximate surface area is 175 Å². The van der Waals surface area contributed by atoms with Crippen LogP contribution in [0.3, 0.4) is 0 Å². The monoisotopic (exact) mass is 407 g/mol. The summed E-state index contributed by atoms with van der Waals surface area (Å²) in [6, 6.07) is 8.41. The van der Waals surface area contributed by atoms with Crippen LogP contribution in [-0.4, -0.2) is 16.1 Å². The van der Waals surface area contributed by atoms with E-state index in [1.54, 1.807) is 6.92 Å². The lowest BCUT2D eigenvalue weighted by molar-refractivity contribution is -0.115. The van der Waals surface area contributed by atoms with E-state index in [4.69, 9.17) is 9.40 Å². The molecule has 1 N–H and O–H groups in total. The maximum Gasteiger partial charge on any atom is 0.240 e. The number of aryl methyl sites for hydroxylation is 4. The molecule has 1 unspecified atom stereocenters. The summed E-state index contributed by atoms with van der Waals surface area (Å²) in [5.74, 6) is 0.665. The standard InChI is InChI=1S/C23H25N3O2S/c1-7-19(22(27)26-23-18(11-24)15(5)16(6)28-23)29-20-10-13(3)17-9-12(2)8-14(4)21(17)25-20/h8-10,19H,7H2,1-6H3,(H,26,27). The molecular weight excluding hydrogens is 382 g/mol. The number of benzene rings is 1. The van der Waals surface area contributed by atoms with Crippen LogP contribution in [0.2, 0.25) is 0 Å². The van der Waals surface area contributed by atoms with Crippen molar-refractivity contribution < 1.29 is 9.21 Å². The van der Waals surface area contributed by atoms with E-state index in [9.17, 15) is 10.1 Å². The van der Waals surface area contributed by atoms with Crippen LogP contribution in [0.5, 0.6) is 0 Å². The predicted octanol–water partition coefficient (Wildman–Crippen LogP) is 5.75. The van der Waals surface area contributed by atoms with Gasteiger partial charge in [-0.05, 0) is 64.3 Å². The molecule has 1 atom stereocenters. The molecule has 0 aliphatic carbocycles. The second-order valence-corrected chi connectivity index (χ2v) is 8.58. The number of hydrogen-bond donors (Lipinski definition) is 1. The van der Waals surface area contributed by atoms with Gasteiger partial charge in [-0.2, -0.15) is 5.26 Å². The molecule has 3 rings (SSSR count). The van der Waals surface area contributed by atoms with Crippen LogP contribution in [0.1, 0.15) is 46.9 Å². The summed E-state index contributed by atoms with van der Waals surface area (Å²) < 4.78 is 5.58. The summed E-state index contributed by atoms with van der Waals surface area (Å²) in [6.07, 6.45) is 0.628. The highest BCUT2D eigenvalue weighted by Crippen LogP contribution is 2.31. The van der Waals surface area contributed by atoms with E-state index in [-0.39, 0.29) is 17.0 Å². The molecule has 29 heavy (non-hydrogen) atoms. The second kappa shape index (κ2) is 8.30. The van der Waals surface area contributed by atoms with E-state index >= 15 is 0 Å². The van der Waals surface area contributed by atoms with Crippen LogP contribution in [0.4, 0.5) is 5.88 Å². The minimum Gasteiger partial charge on any atom is -0.444 e. The molecule has 150 valence electrons. The Morgan fingerprint density at radius 1 is 1.21 bits per heavy atom. The number of amides is 1. The molecule has 1 aromatic carbocycles. The number of carbonyl (C=O) groups excluding carboxylic acids is 1. The number of rotatable bonds is 5. The number of aromatic nitrogens is 1. The van der Waals surface area contributed by atoms with E-state index < -0.39 is 0 Å². The van der Waals surface area contributed by atoms with Gasteiger partial charge >= 0.3 is 0 Å². The fourth-order valence-electron chi connectivity index (χ4n) is 3.38. The third-order valence-electron chi connectivity index (χ3n) is 5.09. The summed E-state index contributed by atoms with van der Waals surface area (Å²) >= 11 is 1.43. The van der Waals surface area contributed by atoms with Crippen LogP contribution < -0.4 is 5.32 Å². The van der Waals surface area contributed by atoms with E-state index in [1.165, 1.54) is 17.3 Å². The molecule has 2 aromatic heterocycles. The number of nitrogens with zero attached hydrogens (tertiary/aromatic N) is 2. The van der Waals surface area contributed by atoms with Gasteiger partial charge in [0.1, 0.15) is 17.4 Å². The third-order valence-corrected chi connectivity index (χ3v) is 6.37. The fourth-order valence-corrected chi connectivity index (χ4v) is 4.40. The molecule has 0 fully saturated rings. The first-order chi connectivity index (χ1) is 13.7. The molecule has 0 saturated carbocycles. The summed E-state index contributed by atoms with van der Waals surface area (Å²) in [5, 5.41) is 13.8. The number of fused-ring (bicyclic) bond motifs is 1. The van der Waals surface area contributed by atoms with Gasteiger partial charge in [-0.3, -0.25) is 10.1 Å². The Morgan fingerprint density at radius 3 is 2.59 bits per heavy atom. The fraction of sp³-hybridized carbons (Fsp3) is 0.348. The number of anilines is 1. The molecule has 0 spiro atoms. The molecule has 1 amide bonds. The zero-order chi connectivity index (χ0) is 21.3. The van der Waals surface area contributed by atoms with Crippen molar-refractivity contribution >= 4 is 34.5 Å². The zero-order valence-electron chi connectivity index (χ0n) is 17.6. The van der Waals surface area contributed by atoms with Gasteiger partial charge in [-0.15, -0.1) is 0 Å². The van der Waals surface area contributed by atoms with Gasteiger partial charge in [-0.1, -0.05) is 30.3 Å². The van der Waals surface area contributed by atoms with Crippen molar-refractivity contribution in [1.29, 1.82) is 5.26 Å². The number of carbonyl (C=O) groups is 1. The van der Waals surface area contributed by atoms with Crippen LogP contribution >= 0.6 is 11.8 Å². The second-order valence-electron chi connectivity index (χ2n) is 7.36. The minimum absolute atomic E-state index is 0.192. The van der Waals surface area contributed by atoms with Gasteiger partial charge in [0, 0.05) is 10.9 Å². The molecule has 0 saturated heterocycles. The topological polar surface area (TPSA) is 78.9 Å². The summed E-state index contributed by atoms with van der Waals surface area (Å²) in [6.45, 7) is 11.8. The Bertz CT molecular complexity index is 1140. The highest BCUT2D eigenvalue weighted by molar-refractivity contribution is 8.00. The lowest BCUT2D eigenvalue weighted by Gasteiger charge is -2.15. The van der Waals surface area contributed by atoms with Crippen molar-refractivity contribution in [3.63, 3.8) is 0 Å². The number of furan rings is 1. The smallest absolute Gasteiger partial charge is 0.240 e. The Balaban J connectivity index is 1.87. The van der Waals surface area contributed by atoms with Crippen molar-refractivity contribution in [2.45, 2.75) is 58.2 Å². The van der Waals surface area contributed by atoms with Gasteiger partial charge in [0.05, 0.1) is 15.8 Å². The highest BCUT2D eigenvalue weighted by Gasteiger charge is 2.23. The van der Waals surface area contributed by atoms with Crippen LogP contribution in [-0.2, 0) is 4.79 Å². The number of thioether (sulfide) groups is 1. The highest BCUT2D eigenvalue weighted by atomic mass is 32.2. The molecule has 2 heterocycles. The maximum absolute atomic E-state index is 12.9. The average Bonchev–Trinajstić information content (AvgIpc) is 2.93. The van der Waals surface area contributed by atoms with E-state index in [1.807, 2.05) is 19.9 Å². The lowest BCUT2D eigenvalue weighted by atomic mass is 10.0. The predicted molar refractivity (Wildman–Crippen MR) is 117 cm³/mol. The van der Waals surface area contributed by atoms with E-state index in [2.05, 4.69) is 44.3 Å². The van der Waals surface area contributed by atoms with Crippen molar-refractivity contribution in [3.05, 3.63) is 51.8 Å². The molecular formula is C23H25N3O2S. The largest absolute Gasteiger partial charge is 0.444 e. The third kappa shape index (κ3) is 4.15. The first kappa shape index (κ1) is 20.9. The van der Waals surface area contributed by atoms with Gasteiger partial charge < -0.3 is 4.42 Å². The Hall–Kier alpha value is -2.78. The van der Waals surface area contributed by atoms with Gasteiger partial charge in [0.25, 0.3) is 0 Å². The molecule has 5 nitrogen and oxygen atoms in total. The molecule has 0 bridgehead atoms. The molecule has 0 aliphatic rings. The lowest BCUT2D eigenvalue weighted by Crippen LogP contribution is -2.24. The molecule has 0 aliphatic heterocycles. The van der Waals surface area contributed by atoms with Gasteiger partial charge in [0.15, 0.2) is 0 Å². The van der Waals surface area contributed by atoms with Crippen LogP contribution in [0.25, 0.3) is 10.9 Å². The minimum atomic E-state index is -0.345. The number of hydrogen-bond acceptors (Lipinski definition) is 5. The molecule has 6 heteroatoms. The summed E-state index contributed by atoms with van der Waals surface area (Å²) in [4.78, 5) is 17.7. The van der Waals surface area contributed by atoms with Crippen molar-refractivity contribution in [2.75, 3.05) is 5.32 Å². The molecule has 3 aromatic rings. The average molecular weight is 408 g/mol. The van der Waals surface area contributed by atoms with Gasteiger partial charge in [-0.25, -0.2) is 4.98 Å². The quantitative estimate of drug-likeness (QED) is 0.545. The maximum atomic E-state index is 12.9. The van der Waals surface area contributed by atoms with Crippen LogP contribution in [0, 0.1) is 45.9 Å². The number of pyridine rings is 1. The van der Waals surface area contributed by atoms with Crippen molar-refractivity contribution in [2.24, 2.45) is 0 Å². The Morgan fingerprint density at radius 2 is 1.93 bits per heavy atom. The van der Waals surface area contributed by atoms with Crippen molar-refractivity contribution in [3.8, 4) is 6.07 Å². The Kier molecular flexibility index (Phi) is 5.99. The van der Waals surface area contributed by atoms with Crippen LogP contribution in [0.15, 0.2) is 27.6 Å². The summed E-state index contributed by atoms with van der Waals surface area (Å²) in [5.41, 5.74) is 5.58. The first-order valence-electron chi connectivity index (χ1n) is 9.61. The molecule has 0 radical (unpaired) electrons.